The average Bonchev–Trinajstić information content (AvgIpc) is 3.47. The van der Waals surface area contributed by atoms with Gasteiger partial charge in [-0.1, -0.05) is 17.3 Å². The summed E-state index contributed by atoms with van der Waals surface area (Å²) in [7, 11) is -3.90. The van der Waals surface area contributed by atoms with Gasteiger partial charge in [-0.3, -0.25) is 0 Å². The number of hydrogen-bond acceptors (Lipinski definition) is 7. The highest BCUT2D eigenvalue weighted by molar-refractivity contribution is 7.89. The van der Waals surface area contributed by atoms with Crippen LogP contribution in [0.15, 0.2) is 65.8 Å². The number of primary sulfonamides is 1. The molecule has 0 fully saturated rings. The van der Waals surface area contributed by atoms with Crippen LogP contribution >= 0.6 is 0 Å². The number of alkyl halides is 3. The van der Waals surface area contributed by atoms with Gasteiger partial charge < -0.3 is 4.74 Å². The number of carbonyl (C=O) groups is 1. The molecule has 2 aromatic carbocycles. The van der Waals surface area contributed by atoms with Crippen LogP contribution < -0.4 is 5.14 Å². The molecule has 10 nitrogen and oxygen atoms in total. The zero-order valence-corrected chi connectivity index (χ0v) is 18.8. The molecule has 0 amide bonds. The lowest BCUT2D eigenvalue weighted by atomic mass is 10.2. The Kier molecular flexibility index (Phi) is 6.17. The maximum atomic E-state index is 13.7. The largest absolute Gasteiger partial charge is 0.462 e. The Labute approximate surface area is 196 Å². The Balaban J connectivity index is 1.65. The third-order valence-corrected chi connectivity index (χ3v) is 5.75. The minimum atomic E-state index is -4.86. The van der Waals surface area contributed by atoms with Gasteiger partial charge in [-0.15, -0.1) is 5.10 Å². The van der Waals surface area contributed by atoms with E-state index in [1.807, 2.05) is 0 Å². The number of esters is 1. The fraction of sp³-hybridized carbons (Fsp3) is 0.143. The van der Waals surface area contributed by atoms with Gasteiger partial charge in [0, 0.05) is 5.56 Å². The summed E-state index contributed by atoms with van der Waals surface area (Å²) in [4.78, 5) is 11.9. The maximum absolute atomic E-state index is 13.7. The number of halogens is 3. The number of aromatic nitrogens is 5. The molecule has 2 heterocycles. The van der Waals surface area contributed by atoms with Crippen molar-refractivity contribution in [2.45, 2.75) is 18.0 Å². The second-order valence-corrected chi connectivity index (χ2v) is 8.74. The van der Waals surface area contributed by atoms with Gasteiger partial charge in [-0.05, 0) is 43.3 Å². The minimum absolute atomic E-state index is 0.0535. The topological polar surface area (TPSA) is 135 Å². The Morgan fingerprint density at radius 2 is 1.80 bits per heavy atom. The van der Waals surface area contributed by atoms with Crippen molar-refractivity contribution in [1.82, 2.24) is 24.8 Å². The van der Waals surface area contributed by atoms with Crippen LogP contribution in [0.5, 0.6) is 0 Å². The van der Waals surface area contributed by atoms with Crippen LogP contribution in [-0.4, -0.2) is 45.8 Å². The molecule has 0 aliphatic rings. The number of sulfonamides is 1. The van der Waals surface area contributed by atoms with Gasteiger partial charge in [-0.2, -0.15) is 18.3 Å². The van der Waals surface area contributed by atoms with Crippen LogP contribution in [0.3, 0.4) is 0 Å². The van der Waals surface area contributed by atoms with Crippen molar-refractivity contribution >= 4 is 16.0 Å². The summed E-state index contributed by atoms with van der Waals surface area (Å²) in [5.74, 6) is -1.12. The summed E-state index contributed by atoms with van der Waals surface area (Å²) >= 11 is 0. The highest BCUT2D eigenvalue weighted by Gasteiger charge is 2.41. The number of ether oxygens (including phenoxy) is 1. The minimum Gasteiger partial charge on any atom is -0.462 e. The first kappa shape index (κ1) is 24.1. The third-order valence-electron chi connectivity index (χ3n) is 4.84. The van der Waals surface area contributed by atoms with Crippen LogP contribution in [0.25, 0.3) is 22.6 Å². The van der Waals surface area contributed by atoms with E-state index in [-0.39, 0.29) is 17.2 Å². The van der Waals surface area contributed by atoms with E-state index in [0.717, 1.165) is 6.20 Å². The molecule has 0 bridgehead atoms. The van der Waals surface area contributed by atoms with Crippen LogP contribution in [-0.2, 0) is 20.9 Å². The predicted octanol–water partition coefficient (Wildman–Crippen LogP) is 2.96. The van der Waals surface area contributed by atoms with Gasteiger partial charge in [0.25, 0.3) is 0 Å². The number of carbonyl (C=O) groups excluding carboxylic acids is 1. The summed E-state index contributed by atoms with van der Waals surface area (Å²) in [6.07, 6.45) is -2.52. The highest BCUT2D eigenvalue weighted by atomic mass is 32.2. The fourth-order valence-corrected chi connectivity index (χ4v) is 3.84. The first-order chi connectivity index (χ1) is 16.5. The first-order valence-electron chi connectivity index (χ1n) is 9.98. The molecule has 0 spiro atoms. The second kappa shape index (κ2) is 8.96. The van der Waals surface area contributed by atoms with Gasteiger partial charge in [-0.25, -0.2) is 27.7 Å². The van der Waals surface area contributed by atoms with Crippen LogP contribution in [0.1, 0.15) is 23.0 Å². The highest BCUT2D eigenvalue weighted by Crippen LogP contribution is 2.34. The molecule has 4 aromatic rings. The molecular weight excluding hydrogens is 489 g/mol. The Bertz CT molecular complexity index is 1490. The van der Waals surface area contributed by atoms with E-state index >= 15 is 0 Å². The van der Waals surface area contributed by atoms with Gasteiger partial charge in [0.15, 0.2) is 5.69 Å². The molecule has 2 aromatic heterocycles. The molecular formula is C21H17F3N6O4S. The number of rotatable bonds is 6. The fourth-order valence-electron chi connectivity index (χ4n) is 3.28. The molecule has 182 valence electrons. The summed E-state index contributed by atoms with van der Waals surface area (Å²) in [5, 5.41) is 16.9. The van der Waals surface area contributed by atoms with E-state index in [1.165, 1.54) is 60.3 Å². The molecule has 0 aliphatic carbocycles. The molecule has 2 N–H and O–H groups in total. The zero-order chi connectivity index (χ0) is 25.4. The van der Waals surface area contributed by atoms with E-state index in [9.17, 15) is 26.4 Å². The van der Waals surface area contributed by atoms with E-state index in [1.54, 1.807) is 6.07 Å². The Hall–Kier alpha value is -4.04. The summed E-state index contributed by atoms with van der Waals surface area (Å²) in [6, 6.07) is 11.6. The van der Waals surface area contributed by atoms with Gasteiger partial charge in [0.05, 0.1) is 35.3 Å². The molecule has 0 radical (unpaired) electrons. The molecule has 0 aliphatic heterocycles. The van der Waals surface area contributed by atoms with Gasteiger partial charge in [0.2, 0.25) is 10.0 Å². The average molecular weight is 506 g/mol. The van der Waals surface area contributed by atoms with Crippen molar-refractivity contribution in [3.63, 3.8) is 0 Å². The zero-order valence-electron chi connectivity index (χ0n) is 18.0. The third kappa shape index (κ3) is 4.93. The lowest BCUT2D eigenvalue weighted by Gasteiger charge is -2.12. The summed E-state index contributed by atoms with van der Waals surface area (Å²) in [6.45, 7) is 1.41. The lowest BCUT2D eigenvalue weighted by molar-refractivity contribution is -0.143. The van der Waals surface area contributed by atoms with Crippen LogP contribution in [0, 0.1) is 0 Å². The maximum Gasteiger partial charge on any atom is 0.434 e. The van der Waals surface area contributed by atoms with Crippen molar-refractivity contribution in [3.8, 4) is 22.6 Å². The van der Waals surface area contributed by atoms with Crippen molar-refractivity contribution in [2.75, 3.05) is 6.61 Å². The smallest absolute Gasteiger partial charge is 0.434 e. The molecule has 4 rings (SSSR count). The molecule has 35 heavy (non-hydrogen) atoms. The van der Waals surface area contributed by atoms with E-state index in [2.05, 4.69) is 15.4 Å². The molecule has 14 heteroatoms. The number of hydrogen-bond donors (Lipinski definition) is 1. The van der Waals surface area contributed by atoms with Crippen molar-refractivity contribution in [2.24, 2.45) is 5.14 Å². The Morgan fingerprint density at radius 1 is 1.11 bits per heavy atom. The second-order valence-electron chi connectivity index (χ2n) is 7.17. The summed E-state index contributed by atoms with van der Waals surface area (Å²) in [5.41, 5.74) is -0.617. The van der Waals surface area contributed by atoms with Crippen molar-refractivity contribution in [3.05, 3.63) is 72.2 Å². The lowest BCUT2D eigenvalue weighted by Crippen LogP contribution is -2.18. The van der Waals surface area contributed by atoms with Crippen molar-refractivity contribution < 1.29 is 31.1 Å². The SMILES string of the molecule is CCOC(=O)c1cnn(-c2ccc(-n3cc(-c4cccc(S(N)(=O)=O)c4)nn3)cc2)c1C(F)(F)F. The molecule has 0 saturated heterocycles. The van der Waals surface area contributed by atoms with Crippen LogP contribution in [0.2, 0.25) is 0 Å². The van der Waals surface area contributed by atoms with E-state index < -0.39 is 33.4 Å². The standard InChI is InChI=1S/C21H17F3N6O4S/c1-2-34-20(31)17-11-26-30(19(17)21(22,23)24)15-8-6-14(7-9-15)29-12-18(27-28-29)13-4-3-5-16(10-13)35(25,32)33/h3-12H,2H2,1H3,(H2,25,32,33). The van der Waals surface area contributed by atoms with Crippen molar-refractivity contribution in [1.29, 1.82) is 0 Å². The Morgan fingerprint density at radius 3 is 2.43 bits per heavy atom. The molecule has 0 saturated carbocycles. The monoisotopic (exact) mass is 506 g/mol. The number of nitrogens with two attached hydrogens (primary N) is 1. The number of nitrogens with zero attached hydrogens (tertiary/aromatic N) is 5. The van der Waals surface area contributed by atoms with E-state index in [4.69, 9.17) is 9.88 Å². The quantitative estimate of drug-likeness (QED) is 0.397. The number of benzene rings is 2. The first-order valence-corrected chi connectivity index (χ1v) is 11.5. The molecule has 0 unspecified atom stereocenters. The van der Waals surface area contributed by atoms with E-state index in [0.29, 0.717) is 21.6 Å². The predicted molar refractivity (Wildman–Crippen MR) is 116 cm³/mol. The van der Waals surface area contributed by atoms with Gasteiger partial charge >= 0.3 is 12.1 Å². The normalized spacial score (nSPS) is 12.0. The van der Waals surface area contributed by atoms with Gasteiger partial charge in [0.1, 0.15) is 11.3 Å². The van der Waals surface area contributed by atoms with Crippen LogP contribution in [0.4, 0.5) is 13.2 Å². The summed E-state index contributed by atoms with van der Waals surface area (Å²) < 4.78 is 71.0. The molecule has 0 atom stereocenters.